The first-order chi connectivity index (χ1) is 9.77. The van der Waals surface area contributed by atoms with Gasteiger partial charge in [0, 0.05) is 25.7 Å². The summed E-state index contributed by atoms with van der Waals surface area (Å²) in [4.78, 5) is 0. The number of aryl methyl sites for hydroxylation is 1. The van der Waals surface area contributed by atoms with Crippen LogP contribution in [0.2, 0.25) is 0 Å². The molecular weight excluding hydrogens is 276 g/mol. The Labute approximate surface area is 126 Å². The van der Waals surface area contributed by atoms with Gasteiger partial charge in [0.2, 0.25) is 0 Å². The Balaban J connectivity index is 2.30. The van der Waals surface area contributed by atoms with E-state index in [1.807, 2.05) is 25.1 Å². The van der Waals surface area contributed by atoms with Gasteiger partial charge in [0.1, 0.15) is 5.75 Å². The van der Waals surface area contributed by atoms with Gasteiger partial charge in [-0.2, -0.15) is 0 Å². The third-order valence-corrected chi connectivity index (χ3v) is 2.73. The zero-order valence-electron chi connectivity index (χ0n) is 12.1. The molecule has 0 aliphatic carbocycles. The first-order valence-electron chi connectivity index (χ1n) is 6.63. The Hall–Kier alpha value is -1.21. The lowest BCUT2D eigenvalue weighted by Crippen LogP contribution is -2.07. The number of halogens is 1. The molecular formula is C16H21ClO3. The van der Waals surface area contributed by atoms with Gasteiger partial charge in [-0.25, -0.2) is 0 Å². The molecule has 0 spiro atoms. The summed E-state index contributed by atoms with van der Waals surface area (Å²) < 4.78 is 16.0. The van der Waals surface area contributed by atoms with E-state index in [1.165, 1.54) is 0 Å². The monoisotopic (exact) mass is 296 g/mol. The van der Waals surface area contributed by atoms with Gasteiger partial charge in [-0.1, -0.05) is 11.8 Å². The van der Waals surface area contributed by atoms with Crippen LogP contribution in [0.3, 0.4) is 0 Å². The minimum Gasteiger partial charge on any atom is -0.493 e. The van der Waals surface area contributed by atoms with Gasteiger partial charge in [0.15, 0.2) is 0 Å². The number of ether oxygens (including phenoxy) is 3. The number of rotatable bonds is 8. The fraction of sp³-hybridized carbons (Fsp3) is 0.500. The van der Waals surface area contributed by atoms with Gasteiger partial charge < -0.3 is 14.2 Å². The van der Waals surface area contributed by atoms with E-state index in [-0.39, 0.29) is 0 Å². The summed E-state index contributed by atoms with van der Waals surface area (Å²) in [6.07, 6.45) is 0.858. The molecule has 0 aromatic heterocycles. The largest absolute Gasteiger partial charge is 0.493 e. The van der Waals surface area contributed by atoms with Crippen LogP contribution in [0, 0.1) is 18.8 Å². The number of alkyl halides is 1. The second-order valence-corrected chi connectivity index (χ2v) is 4.49. The van der Waals surface area contributed by atoms with Crippen molar-refractivity contribution >= 4 is 11.6 Å². The van der Waals surface area contributed by atoms with Crippen molar-refractivity contribution in [2.75, 3.05) is 39.4 Å². The Morgan fingerprint density at radius 3 is 2.70 bits per heavy atom. The van der Waals surface area contributed by atoms with Crippen LogP contribution in [0.5, 0.6) is 5.75 Å². The molecule has 0 aliphatic heterocycles. The van der Waals surface area contributed by atoms with Crippen molar-refractivity contribution in [3.05, 3.63) is 29.3 Å². The molecule has 0 heterocycles. The van der Waals surface area contributed by atoms with Gasteiger partial charge in [-0.05, 0) is 30.7 Å². The average Bonchev–Trinajstić information content (AvgIpc) is 2.46. The second-order valence-electron chi connectivity index (χ2n) is 4.22. The minimum atomic E-state index is 0.348. The Morgan fingerprint density at radius 2 is 2.00 bits per heavy atom. The maximum atomic E-state index is 5.72. The Bertz CT molecular complexity index is 449. The summed E-state index contributed by atoms with van der Waals surface area (Å²) in [7, 11) is 1.66. The molecule has 0 saturated carbocycles. The van der Waals surface area contributed by atoms with Crippen LogP contribution in [0.15, 0.2) is 18.2 Å². The van der Waals surface area contributed by atoms with E-state index in [0.717, 1.165) is 23.3 Å². The van der Waals surface area contributed by atoms with Crippen LogP contribution in [0.1, 0.15) is 17.5 Å². The van der Waals surface area contributed by atoms with Gasteiger partial charge >= 0.3 is 0 Å². The molecule has 0 saturated heterocycles. The first-order valence-corrected chi connectivity index (χ1v) is 7.16. The fourth-order valence-electron chi connectivity index (χ4n) is 1.61. The molecule has 0 radical (unpaired) electrons. The van der Waals surface area contributed by atoms with Gasteiger partial charge in [0.25, 0.3) is 0 Å². The summed E-state index contributed by atoms with van der Waals surface area (Å²) in [5.74, 6) is 7.06. The summed E-state index contributed by atoms with van der Waals surface area (Å²) in [6, 6.07) is 5.89. The van der Waals surface area contributed by atoms with E-state index < -0.39 is 0 Å². The molecule has 0 amide bonds. The molecule has 110 valence electrons. The molecule has 0 aliphatic rings. The normalized spacial score (nSPS) is 9.95. The number of methoxy groups -OCH3 is 1. The molecule has 1 aromatic carbocycles. The highest BCUT2D eigenvalue weighted by molar-refractivity contribution is 6.19. The van der Waals surface area contributed by atoms with Crippen LogP contribution in [-0.4, -0.2) is 39.4 Å². The van der Waals surface area contributed by atoms with E-state index in [9.17, 15) is 0 Å². The molecule has 0 atom stereocenters. The zero-order chi connectivity index (χ0) is 14.6. The van der Waals surface area contributed by atoms with Crippen molar-refractivity contribution in [3.8, 4) is 17.6 Å². The van der Waals surface area contributed by atoms with Crippen molar-refractivity contribution in [2.24, 2.45) is 0 Å². The fourth-order valence-corrected chi connectivity index (χ4v) is 1.68. The third kappa shape index (κ3) is 6.81. The molecule has 0 N–H and O–H groups in total. The molecule has 3 nitrogen and oxygen atoms in total. The van der Waals surface area contributed by atoms with Crippen molar-refractivity contribution in [1.82, 2.24) is 0 Å². The molecule has 0 fully saturated rings. The van der Waals surface area contributed by atoms with Crippen molar-refractivity contribution in [3.63, 3.8) is 0 Å². The van der Waals surface area contributed by atoms with Gasteiger partial charge in [0.05, 0.1) is 25.7 Å². The topological polar surface area (TPSA) is 27.7 Å². The molecule has 20 heavy (non-hydrogen) atoms. The van der Waals surface area contributed by atoms with E-state index in [1.54, 1.807) is 7.11 Å². The summed E-state index contributed by atoms with van der Waals surface area (Å²) in [6.45, 7) is 4.59. The summed E-state index contributed by atoms with van der Waals surface area (Å²) >= 11 is 5.53. The predicted molar refractivity (Wildman–Crippen MR) is 81.6 cm³/mol. The van der Waals surface area contributed by atoms with Crippen molar-refractivity contribution in [1.29, 1.82) is 0 Å². The van der Waals surface area contributed by atoms with Crippen LogP contribution >= 0.6 is 11.6 Å². The van der Waals surface area contributed by atoms with Gasteiger partial charge in [-0.15, -0.1) is 11.6 Å². The van der Waals surface area contributed by atoms with Crippen LogP contribution < -0.4 is 4.74 Å². The van der Waals surface area contributed by atoms with E-state index in [2.05, 4.69) is 11.8 Å². The maximum Gasteiger partial charge on any atom is 0.122 e. The lowest BCUT2D eigenvalue weighted by Gasteiger charge is -2.09. The number of hydrogen-bond donors (Lipinski definition) is 0. The Morgan fingerprint density at radius 1 is 1.15 bits per heavy atom. The molecule has 0 bridgehead atoms. The highest BCUT2D eigenvalue weighted by Gasteiger charge is 2.00. The quantitative estimate of drug-likeness (QED) is 0.419. The van der Waals surface area contributed by atoms with E-state index >= 15 is 0 Å². The zero-order valence-corrected chi connectivity index (χ0v) is 12.8. The molecule has 1 aromatic rings. The third-order valence-electron chi connectivity index (χ3n) is 2.60. The van der Waals surface area contributed by atoms with Crippen LogP contribution in [-0.2, 0) is 9.47 Å². The lowest BCUT2D eigenvalue weighted by molar-refractivity contribution is 0.0644. The summed E-state index contributed by atoms with van der Waals surface area (Å²) in [5, 5.41) is 0. The standard InChI is InChI=1S/C16H21ClO3/c1-14-13-15(5-3-8-17)6-7-16(14)20-10-4-9-19-12-11-18-2/h6-7,13H,4,8-12H2,1-2H3. The molecule has 1 rings (SSSR count). The maximum absolute atomic E-state index is 5.72. The second kappa shape index (κ2) is 10.6. The number of hydrogen-bond acceptors (Lipinski definition) is 3. The lowest BCUT2D eigenvalue weighted by atomic mass is 10.1. The average molecular weight is 297 g/mol. The summed E-state index contributed by atoms with van der Waals surface area (Å²) in [5.41, 5.74) is 2.03. The first kappa shape index (κ1) is 16.8. The van der Waals surface area contributed by atoms with E-state index in [4.69, 9.17) is 25.8 Å². The molecule has 4 heteroatoms. The minimum absolute atomic E-state index is 0.348. The SMILES string of the molecule is COCCOCCCOc1ccc(C#CCCl)cc1C. The van der Waals surface area contributed by atoms with Crippen LogP contribution in [0.25, 0.3) is 0 Å². The Kier molecular flexibility index (Phi) is 8.90. The molecule has 0 unspecified atom stereocenters. The smallest absolute Gasteiger partial charge is 0.122 e. The number of benzene rings is 1. The highest BCUT2D eigenvalue weighted by Crippen LogP contribution is 2.18. The van der Waals surface area contributed by atoms with Gasteiger partial charge in [-0.3, -0.25) is 0 Å². The highest BCUT2D eigenvalue weighted by atomic mass is 35.5. The van der Waals surface area contributed by atoms with E-state index in [0.29, 0.717) is 32.3 Å². The van der Waals surface area contributed by atoms with Crippen molar-refractivity contribution in [2.45, 2.75) is 13.3 Å². The van der Waals surface area contributed by atoms with Crippen molar-refractivity contribution < 1.29 is 14.2 Å². The van der Waals surface area contributed by atoms with Crippen LogP contribution in [0.4, 0.5) is 0 Å². The predicted octanol–water partition coefficient (Wildman–Crippen LogP) is 3.02.